The number of nitrogens with zero attached hydrogens (tertiary/aromatic N) is 1. The molecule has 4 heteroatoms. The highest BCUT2D eigenvalue weighted by Crippen LogP contribution is 2.25. The monoisotopic (exact) mass is 335 g/mol. The van der Waals surface area contributed by atoms with Gasteiger partial charge in [0, 0.05) is 10.4 Å². The molecular weight excluding hydrogens is 318 g/mol. The Kier molecular flexibility index (Phi) is 5.18. The number of benzene rings is 2. The van der Waals surface area contributed by atoms with Crippen molar-refractivity contribution in [2.75, 3.05) is 6.61 Å². The summed E-state index contributed by atoms with van der Waals surface area (Å²) >= 11 is 1.48. The number of carbonyl (C=O) groups excluding carboxylic acids is 1. The maximum Gasteiger partial charge on any atom is 0.434 e. The van der Waals surface area contributed by atoms with Crippen molar-refractivity contribution in [2.24, 2.45) is 4.99 Å². The summed E-state index contributed by atoms with van der Waals surface area (Å²) in [6.45, 7) is 2.08. The van der Waals surface area contributed by atoms with E-state index in [9.17, 15) is 4.79 Å². The molecule has 0 spiro atoms. The fraction of sp³-hybridized carbons (Fsp3) is 0.100. The molecular formula is C20H17NO2S. The summed E-state index contributed by atoms with van der Waals surface area (Å²) < 4.78 is 5.64. The molecule has 3 rings (SSSR count). The second-order valence-electron chi connectivity index (χ2n) is 5.06. The SMILES string of the molecule is CCOC(=O)N=c1sc(-c2ccccc2)ccc1-c1ccccc1. The van der Waals surface area contributed by atoms with Crippen LogP contribution in [0.5, 0.6) is 0 Å². The molecule has 1 heterocycles. The van der Waals surface area contributed by atoms with E-state index in [1.807, 2.05) is 66.7 Å². The van der Waals surface area contributed by atoms with Crippen LogP contribution in [0.4, 0.5) is 4.79 Å². The van der Waals surface area contributed by atoms with Crippen molar-refractivity contribution < 1.29 is 9.53 Å². The second-order valence-corrected chi connectivity index (χ2v) is 6.09. The lowest BCUT2D eigenvalue weighted by Crippen LogP contribution is -2.08. The van der Waals surface area contributed by atoms with Gasteiger partial charge in [-0.1, -0.05) is 60.7 Å². The quantitative estimate of drug-likeness (QED) is 0.665. The molecule has 0 unspecified atom stereocenters. The summed E-state index contributed by atoms with van der Waals surface area (Å²) in [6, 6.07) is 24.1. The summed E-state index contributed by atoms with van der Waals surface area (Å²) in [5.74, 6) is 0. The molecule has 2 aromatic carbocycles. The van der Waals surface area contributed by atoms with Crippen LogP contribution in [0.3, 0.4) is 0 Å². The zero-order chi connectivity index (χ0) is 16.8. The Morgan fingerprint density at radius 3 is 2.17 bits per heavy atom. The average Bonchev–Trinajstić information content (AvgIpc) is 2.63. The zero-order valence-electron chi connectivity index (χ0n) is 13.3. The normalized spacial score (nSPS) is 11.3. The van der Waals surface area contributed by atoms with Crippen molar-refractivity contribution in [3.8, 4) is 21.6 Å². The smallest absolute Gasteiger partial charge is 0.434 e. The summed E-state index contributed by atoms with van der Waals surface area (Å²) in [5, 5.41) is 0. The molecule has 0 bridgehead atoms. The summed E-state index contributed by atoms with van der Waals surface area (Å²) in [4.78, 5) is 17.1. The molecule has 3 aromatic rings. The minimum Gasteiger partial charge on any atom is -0.448 e. The number of hydrogen-bond acceptors (Lipinski definition) is 3. The van der Waals surface area contributed by atoms with Gasteiger partial charge in [0.05, 0.1) is 6.61 Å². The van der Waals surface area contributed by atoms with Crippen LogP contribution in [0.1, 0.15) is 6.92 Å². The average molecular weight is 335 g/mol. The molecule has 0 N–H and O–H groups in total. The third-order valence-corrected chi connectivity index (χ3v) is 4.54. The molecule has 120 valence electrons. The lowest BCUT2D eigenvalue weighted by molar-refractivity contribution is 0.162. The zero-order valence-corrected chi connectivity index (χ0v) is 14.1. The first kappa shape index (κ1) is 16.1. The molecule has 0 fully saturated rings. The third kappa shape index (κ3) is 3.78. The van der Waals surface area contributed by atoms with Crippen LogP contribution in [0.2, 0.25) is 0 Å². The molecule has 0 aliphatic rings. The van der Waals surface area contributed by atoms with Crippen LogP contribution in [0, 0.1) is 0 Å². The van der Waals surface area contributed by atoms with E-state index in [0.29, 0.717) is 11.3 Å². The van der Waals surface area contributed by atoms with Crippen LogP contribution in [-0.4, -0.2) is 12.7 Å². The van der Waals surface area contributed by atoms with Crippen LogP contribution in [-0.2, 0) is 4.74 Å². The Morgan fingerprint density at radius 1 is 0.917 bits per heavy atom. The predicted molar refractivity (Wildman–Crippen MR) is 97.8 cm³/mol. The molecule has 0 aliphatic heterocycles. The van der Waals surface area contributed by atoms with E-state index in [1.54, 1.807) is 6.92 Å². The van der Waals surface area contributed by atoms with E-state index in [2.05, 4.69) is 11.1 Å². The molecule has 0 radical (unpaired) electrons. The van der Waals surface area contributed by atoms with Gasteiger partial charge in [-0.05, 0) is 30.2 Å². The van der Waals surface area contributed by atoms with Gasteiger partial charge in [0.15, 0.2) is 0 Å². The first-order valence-electron chi connectivity index (χ1n) is 7.74. The van der Waals surface area contributed by atoms with E-state index >= 15 is 0 Å². The summed E-state index contributed by atoms with van der Waals surface area (Å²) in [7, 11) is 0. The third-order valence-electron chi connectivity index (χ3n) is 3.44. The van der Waals surface area contributed by atoms with E-state index in [-0.39, 0.29) is 0 Å². The Labute approximate surface area is 144 Å². The van der Waals surface area contributed by atoms with Gasteiger partial charge in [-0.3, -0.25) is 0 Å². The number of carbonyl (C=O) groups is 1. The Bertz CT molecular complexity index is 886. The summed E-state index contributed by atoms with van der Waals surface area (Å²) in [6.07, 6.45) is -0.559. The van der Waals surface area contributed by atoms with Crippen molar-refractivity contribution in [1.29, 1.82) is 0 Å². The second kappa shape index (κ2) is 7.70. The Hall–Kier alpha value is -2.72. The van der Waals surface area contributed by atoms with Gasteiger partial charge < -0.3 is 4.74 Å². The van der Waals surface area contributed by atoms with Crippen molar-refractivity contribution in [3.05, 3.63) is 77.5 Å². The van der Waals surface area contributed by atoms with Gasteiger partial charge in [0.25, 0.3) is 0 Å². The molecule has 0 atom stereocenters. The topological polar surface area (TPSA) is 38.7 Å². The highest BCUT2D eigenvalue weighted by atomic mass is 32.1. The van der Waals surface area contributed by atoms with Gasteiger partial charge in [0.1, 0.15) is 4.67 Å². The highest BCUT2D eigenvalue weighted by Gasteiger charge is 2.07. The van der Waals surface area contributed by atoms with Crippen LogP contribution in [0.15, 0.2) is 77.8 Å². The van der Waals surface area contributed by atoms with Crippen molar-refractivity contribution in [2.45, 2.75) is 6.92 Å². The van der Waals surface area contributed by atoms with Gasteiger partial charge in [-0.2, -0.15) is 4.99 Å². The molecule has 24 heavy (non-hydrogen) atoms. The minimum atomic E-state index is -0.559. The van der Waals surface area contributed by atoms with Crippen LogP contribution >= 0.6 is 11.3 Å². The molecule has 1 aromatic heterocycles. The number of amides is 1. The van der Waals surface area contributed by atoms with Gasteiger partial charge in [-0.25, -0.2) is 4.79 Å². The molecule has 0 saturated carbocycles. The maximum absolute atomic E-state index is 11.9. The van der Waals surface area contributed by atoms with E-state index in [1.165, 1.54) is 11.3 Å². The Balaban J connectivity index is 2.15. The first-order valence-corrected chi connectivity index (χ1v) is 8.56. The number of ether oxygens (including phenoxy) is 1. The van der Waals surface area contributed by atoms with Crippen molar-refractivity contribution in [1.82, 2.24) is 0 Å². The summed E-state index contributed by atoms with van der Waals surface area (Å²) in [5.41, 5.74) is 3.05. The molecule has 1 amide bonds. The highest BCUT2D eigenvalue weighted by molar-refractivity contribution is 7.13. The van der Waals surface area contributed by atoms with Crippen LogP contribution < -0.4 is 4.67 Å². The van der Waals surface area contributed by atoms with Gasteiger partial charge in [-0.15, -0.1) is 11.3 Å². The fourth-order valence-electron chi connectivity index (χ4n) is 2.34. The van der Waals surface area contributed by atoms with Gasteiger partial charge >= 0.3 is 6.09 Å². The Morgan fingerprint density at radius 2 is 1.54 bits per heavy atom. The minimum absolute atomic E-state index is 0.312. The molecule has 3 nitrogen and oxygen atoms in total. The van der Waals surface area contributed by atoms with E-state index in [4.69, 9.17) is 4.74 Å². The van der Waals surface area contributed by atoms with Gasteiger partial charge in [0.2, 0.25) is 0 Å². The maximum atomic E-state index is 11.9. The lowest BCUT2D eigenvalue weighted by Gasteiger charge is -2.06. The number of rotatable bonds is 3. The van der Waals surface area contributed by atoms with E-state index in [0.717, 1.165) is 21.6 Å². The van der Waals surface area contributed by atoms with Crippen molar-refractivity contribution in [3.63, 3.8) is 0 Å². The lowest BCUT2D eigenvalue weighted by atomic mass is 10.1. The predicted octanol–water partition coefficient (Wildman–Crippen LogP) is 5.14. The standard InChI is InChI=1S/C20H17NO2S/c1-2-23-20(22)21-19-17(15-9-5-3-6-10-15)13-14-18(24-19)16-11-7-4-8-12-16/h3-14H,2H2,1H3. The largest absolute Gasteiger partial charge is 0.448 e. The molecule has 0 aliphatic carbocycles. The number of hydrogen-bond donors (Lipinski definition) is 0. The van der Waals surface area contributed by atoms with Crippen molar-refractivity contribution >= 4 is 17.4 Å². The first-order chi connectivity index (χ1) is 11.8. The molecule has 0 saturated heterocycles. The fourth-order valence-corrected chi connectivity index (χ4v) is 3.35. The van der Waals surface area contributed by atoms with E-state index < -0.39 is 6.09 Å². The van der Waals surface area contributed by atoms with Crippen LogP contribution in [0.25, 0.3) is 21.6 Å².